The molecule has 1 saturated heterocycles. The highest BCUT2D eigenvalue weighted by Gasteiger charge is 2.42. The van der Waals surface area contributed by atoms with Gasteiger partial charge in [0.2, 0.25) is 0 Å². The molecule has 0 saturated carbocycles. The van der Waals surface area contributed by atoms with E-state index in [0.717, 1.165) is 11.3 Å². The summed E-state index contributed by atoms with van der Waals surface area (Å²) in [6, 6.07) is 0.165. The van der Waals surface area contributed by atoms with Crippen LogP contribution in [-0.2, 0) is 0 Å². The molecule has 1 rings (SSSR count). The molecule has 0 aliphatic carbocycles. The Morgan fingerprint density at radius 1 is 1.38 bits per heavy atom. The summed E-state index contributed by atoms with van der Waals surface area (Å²) in [5.41, 5.74) is 1.82. The van der Waals surface area contributed by atoms with E-state index in [0.29, 0.717) is 0 Å². The van der Waals surface area contributed by atoms with Crippen LogP contribution in [0.1, 0.15) is 34.1 Å². The predicted octanol–water partition coefficient (Wildman–Crippen LogP) is 3.03. The number of halogens is 2. The molecule has 0 atom stereocenters. The van der Waals surface area contributed by atoms with Gasteiger partial charge in [-0.1, -0.05) is 5.57 Å². The molecular weight excluding hydrogens is 172 g/mol. The highest BCUT2D eigenvalue weighted by molar-refractivity contribution is 5.17. The zero-order valence-corrected chi connectivity index (χ0v) is 8.69. The Balaban J connectivity index is 2.91. The average Bonchev–Trinajstić information content (AvgIpc) is 2.26. The summed E-state index contributed by atoms with van der Waals surface area (Å²) in [5.74, 6) is -2.53. The molecule has 3 heteroatoms. The smallest absolute Gasteiger partial charge is 0.270 e. The lowest BCUT2D eigenvalue weighted by Crippen LogP contribution is -2.30. The first-order valence-electron chi connectivity index (χ1n) is 4.64. The second-order valence-electron chi connectivity index (χ2n) is 4.20. The van der Waals surface area contributed by atoms with Gasteiger partial charge < -0.3 is 4.90 Å². The minimum absolute atomic E-state index is 0.0898. The zero-order chi connectivity index (χ0) is 10.2. The summed E-state index contributed by atoms with van der Waals surface area (Å²) in [4.78, 5) is 1.80. The second kappa shape index (κ2) is 3.28. The molecule has 0 bridgehead atoms. The lowest BCUT2D eigenvalue weighted by Gasteiger charge is -2.25. The summed E-state index contributed by atoms with van der Waals surface area (Å²) < 4.78 is 26.2. The highest BCUT2D eigenvalue weighted by Crippen LogP contribution is 2.37. The Kier molecular flexibility index (Phi) is 2.64. The number of alkyl halides is 2. The van der Waals surface area contributed by atoms with Gasteiger partial charge in [-0.3, -0.25) is 0 Å². The predicted molar refractivity (Wildman–Crippen MR) is 49.8 cm³/mol. The van der Waals surface area contributed by atoms with Crippen molar-refractivity contribution in [1.29, 1.82) is 0 Å². The Bertz CT molecular complexity index is 227. The van der Waals surface area contributed by atoms with Gasteiger partial charge in [-0.2, -0.15) is 0 Å². The van der Waals surface area contributed by atoms with Gasteiger partial charge in [0.1, 0.15) is 0 Å². The normalized spacial score (nSPS) is 21.5. The van der Waals surface area contributed by atoms with Crippen molar-refractivity contribution in [3.8, 4) is 0 Å². The largest absolute Gasteiger partial charge is 0.366 e. The third kappa shape index (κ3) is 2.20. The highest BCUT2D eigenvalue weighted by atomic mass is 19.3. The number of hydrogen-bond donors (Lipinski definition) is 0. The molecule has 0 N–H and O–H groups in total. The lowest BCUT2D eigenvalue weighted by molar-refractivity contribution is 0.00923. The molecule has 1 aliphatic heterocycles. The minimum Gasteiger partial charge on any atom is -0.366 e. The molecular formula is C10H17F2N. The van der Waals surface area contributed by atoms with Gasteiger partial charge in [0.25, 0.3) is 5.92 Å². The van der Waals surface area contributed by atoms with Crippen molar-refractivity contribution in [1.82, 2.24) is 4.90 Å². The Labute approximate surface area is 78.4 Å². The van der Waals surface area contributed by atoms with Crippen LogP contribution >= 0.6 is 0 Å². The summed E-state index contributed by atoms with van der Waals surface area (Å²) >= 11 is 0. The Hall–Kier alpha value is -0.600. The summed E-state index contributed by atoms with van der Waals surface area (Å²) in [6.45, 7) is 7.57. The van der Waals surface area contributed by atoms with Crippen LogP contribution in [0.25, 0.3) is 0 Å². The molecule has 0 unspecified atom stereocenters. The lowest BCUT2D eigenvalue weighted by atomic mass is 10.2. The van der Waals surface area contributed by atoms with Gasteiger partial charge in [0.05, 0.1) is 13.0 Å². The van der Waals surface area contributed by atoms with Gasteiger partial charge in [0.15, 0.2) is 0 Å². The first kappa shape index (κ1) is 10.5. The fraction of sp³-hybridized carbons (Fsp3) is 0.800. The van der Waals surface area contributed by atoms with Crippen molar-refractivity contribution in [3.63, 3.8) is 0 Å². The van der Waals surface area contributed by atoms with E-state index in [2.05, 4.69) is 0 Å². The molecule has 0 spiro atoms. The summed E-state index contributed by atoms with van der Waals surface area (Å²) in [5, 5.41) is 0. The van der Waals surface area contributed by atoms with Gasteiger partial charge in [0, 0.05) is 11.7 Å². The van der Waals surface area contributed by atoms with Crippen molar-refractivity contribution >= 4 is 0 Å². The van der Waals surface area contributed by atoms with Crippen molar-refractivity contribution in [2.45, 2.75) is 46.1 Å². The molecule has 0 aromatic carbocycles. The van der Waals surface area contributed by atoms with E-state index in [9.17, 15) is 8.78 Å². The first-order chi connectivity index (χ1) is 5.83. The molecule has 76 valence electrons. The third-order valence-corrected chi connectivity index (χ3v) is 2.37. The molecule has 1 heterocycles. The van der Waals surface area contributed by atoms with E-state index in [1.54, 1.807) is 4.90 Å². The van der Waals surface area contributed by atoms with Crippen LogP contribution in [-0.4, -0.2) is 23.4 Å². The van der Waals surface area contributed by atoms with Gasteiger partial charge >= 0.3 is 0 Å². The number of allylic oxidation sites excluding steroid dienone is 2. The quantitative estimate of drug-likeness (QED) is 0.613. The molecule has 0 aromatic rings. The van der Waals surface area contributed by atoms with Crippen molar-refractivity contribution in [2.75, 3.05) is 6.54 Å². The molecule has 1 fully saturated rings. The zero-order valence-electron chi connectivity index (χ0n) is 8.69. The fourth-order valence-corrected chi connectivity index (χ4v) is 1.71. The van der Waals surface area contributed by atoms with Crippen LogP contribution in [0, 0.1) is 0 Å². The molecule has 13 heavy (non-hydrogen) atoms. The van der Waals surface area contributed by atoms with Crippen LogP contribution in [0.3, 0.4) is 0 Å². The third-order valence-electron chi connectivity index (χ3n) is 2.37. The first-order valence-corrected chi connectivity index (χ1v) is 4.64. The van der Waals surface area contributed by atoms with Crippen LogP contribution in [0.15, 0.2) is 11.3 Å². The number of hydrogen-bond acceptors (Lipinski definition) is 1. The van der Waals surface area contributed by atoms with Crippen molar-refractivity contribution in [2.24, 2.45) is 0 Å². The molecule has 0 aromatic heterocycles. The number of nitrogens with zero attached hydrogens (tertiary/aromatic N) is 1. The van der Waals surface area contributed by atoms with Crippen LogP contribution in [0.2, 0.25) is 0 Å². The van der Waals surface area contributed by atoms with Crippen LogP contribution < -0.4 is 0 Å². The molecule has 1 aliphatic rings. The standard InChI is InChI=1S/C10H17F2N/c1-7(2)9-5-10(11,12)6-13(9)8(3)4/h8H,5-6H2,1-4H3. The molecule has 1 nitrogen and oxygen atoms in total. The van der Waals surface area contributed by atoms with E-state index in [-0.39, 0.29) is 19.0 Å². The van der Waals surface area contributed by atoms with Crippen LogP contribution in [0.5, 0.6) is 0 Å². The number of rotatable bonds is 1. The molecule has 0 amide bonds. The van der Waals surface area contributed by atoms with Crippen molar-refractivity contribution < 1.29 is 8.78 Å². The fourth-order valence-electron chi connectivity index (χ4n) is 1.71. The van der Waals surface area contributed by atoms with Crippen molar-refractivity contribution in [3.05, 3.63) is 11.3 Å². The average molecular weight is 189 g/mol. The Morgan fingerprint density at radius 2 is 1.92 bits per heavy atom. The van der Waals surface area contributed by atoms with E-state index >= 15 is 0 Å². The minimum atomic E-state index is -2.53. The van der Waals surface area contributed by atoms with Gasteiger partial charge in [-0.15, -0.1) is 0 Å². The monoisotopic (exact) mass is 189 g/mol. The maximum atomic E-state index is 13.1. The van der Waals surface area contributed by atoms with E-state index in [1.165, 1.54) is 0 Å². The van der Waals surface area contributed by atoms with E-state index in [4.69, 9.17) is 0 Å². The van der Waals surface area contributed by atoms with E-state index < -0.39 is 5.92 Å². The maximum Gasteiger partial charge on any atom is 0.270 e. The van der Waals surface area contributed by atoms with Gasteiger partial charge in [-0.05, 0) is 27.7 Å². The maximum absolute atomic E-state index is 13.1. The summed E-state index contributed by atoms with van der Waals surface area (Å²) in [7, 11) is 0. The van der Waals surface area contributed by atoms with E-state index in [1.807, 2.05) is 27.7 Å². The topological polar surface area (TPSA) is 3.24 Å². The SMILES string of the molecule is CC(C)=C1CC(F)(F)CN1C(C)C. The summed E-state index contributed by atoms with van der Waals surface area (Å²) in [6.07, 6.45) is -0.0898. The Morgan fingerprint density at radius 3 is 2.23 bits per heavy atom. The molecule has 0 radical (unpaired) electrons. The second-order valence-corrected chi connectivity index (χ2v) is 4.20. The number of likely N-dealkylation sites (tertiary alicyclic amines) is 1. The van der Waals surface area contributed by atoms with Crippen LogP contribution in [0.4, 0.5) is 8.78 Å². The van der Waals surface area contributed by atoms with Gasteiger partial charge in [-0.25, -0.2) is 8.78 Å².